The first-order valence-electron chi connectivity index (χ1n) is 13.3. The Morgan fingerprint density at radius 1 is 1.18 bits per heavy atom. The van der Waals surface area contributed by atoms with Crippen LogP contribution in [0.25, 0.3) is 5.82 Å². The van der Waals surface area contributed by atoms with Crippen LogP contribution in [0.1, 0.15) is 69.4 Å². The molecular weight excluding hydrogens is 518 g/mol. The first kappa shape index (κ1) is 27.2. The summed E-state index contributed by atoms with van der Waals surface area (Å²) >= 11 is 0. The van der Waals surface area contributed by atoms with Crippen LogP contribution in [0.4, 0.5) is 5.82 Å². The normalized spacial score (nSPS) is 19.7. The molecule has 3 aromatic rings. The third kappa shape index (κ3) is 5.66. The van der Waals surface area contributed by atoms with Crippen molar-refractivity contribution >= 4 is 21.7 Å². The van der Waals surface area contributed by atoms with Crippen LogP contribution in [0.2, 0.25) is 0 Å². The third-order valence-corrected chi connectivity index (χ3v) is 9.21. The molecular formula is C27H37N7O4S. The number of sulfonamides is 1. The highest BCUT2D eigenvalue weighted by molar-refractivity contribution is 7.90. The van der Waals surface area contributed by atoms with Crippen molar-refractivity contribution in [2.24, 2.45) is 18.4 Å². The van der Waals surface area contributed by atoms with Crippen molar-refractivity contribution in [3.63, 3.8) is 0 Å². The van der Waals surface area contributed by atoms with Gasteiger partial charge >= 0.3 is 0 Å². The number of carbonyl (C=O) groups excluding carboxylic acids is 1. The maximum absolute atomic E-state index is 13.5. The smallest absolute Gasteiger partial charge is 0.268 e. The average Bonchev–Trinajstić information content (AvgIpc) is 3.14. The Morgan fingerprint density at radius 3 is 2.54 bits per heavy atom. The van der Waals surface area contributed by atoms with E-state index < -0.39 is 15.9 Å². The number of pyridine rings is 1. The molecule has 0 bridgehead atoms. The largest absolute Gasteiger partial charge is 0.477 e. The van der Waals surface area contributed by atoms with Crippen LogP contribution in [-0.4, -0.2) is 57.6 Å². The molecule has 0 aromatic carbocycles. The molecule has 1 saturated heterocycles. The summed E-state index contributed by atoms with van der Waals surface area (Å²) in [5.41, 5.74) is 0.602. The molecule has 0 unspecified atom stereocenters. The second-order valence-corrected chi connectivity index (χ2v) is 13.6. The molecule has 3 aromatic heterocycles. The highest BCUT2D eigenvalue weighted by Crippen LogP contribution is 2.48. The van der Waals surface area contributed by atoms with Gasteiger partial charge in [-0.25, -0.2) is 22.8 Å². The SMILES string of the molecule is Cc1nn(C)cc1S(=O)(=O)NC(=O)c1ccc(-n2ccc(OCCC3(C)CC3)n2)nc1N1C[C@@H](C)CC1(C)C. The van der Waals surface area contributed by atoms with Gasteiger partial charge in [-0.2, -0.15) is 5.10 Å². The van der Waals surface area contributed by atoms with E-state index in [1.165, 1.54) is 23.7 Å². The Labute approximate surface area is 229 Å². The summed E-state index contributed by atoms with van der Waals surface area (Å²) < 4.78 is 37.2. The van der Waals surface area contributed by atoms with Gasteiger partial charge in [0.2, 0.25) is 5.88 Å². The van der Waals surface area contributed by atoms with Gasteiger partial charge in [0, 0.05) is 37.6 Å². The highest BCUT2D eigenvalue weighted by atomic mass is 32.2. The Bertz CT molecular complexity index is 1500. The molecule has 5 rings (SSSR count). The summed E-state index contributed by atoms with van der Waals surface area (Å²) in [6, 6.07) is 5.06. The Morgan fingerprint density at radius 2 is 1.92 bits per heavy atom. The summed E-state index contributed by atoms with van der Waals surface area (Å²) in [6.07, 6.45) is 7.54. The standard InChI is InChI=1S/C27H37N7O4S/c1-18-15-26(3,4)33(16-18)24-20(25(35)31-39(36,37)21-17-32(6)29-19(21)2)7-8-22(28-24)34-13-9-23(30-34)38-14-12-27(5)10-11-27/h7-9,13,17-18H,10-12,14-16H2,1-6H3,(H,31,35)/t18-/m0/s1. The zero-order valence-electron chi connectivity index (χ0n) is 23.4. The van der Waals surface area contributed by atoms with Gasteiger partial charge in [0.05, 0.1) is 17.9 Å². The van der Waals surface area contributed by atoms with Crippen LogP contribution in [0, 0.1) is 18.3 Å². The minimum atomic E-state index is -4.13. The topological polar surface area (TPSA) is 124 Å². The lowest BCUT2D eigenvalue weighted by molar-refractivity contribution is 0.0981. The quantitative estimate of drug-likeness (QED) is 0.425. The van der Waals surface area contributed by atoms with Crippen LogP contribution in [0.15, 0.2) is 35.5 Å². The minimum absolute atomic E-state index is 0.0423. The van der Waals surface area contributed by atoms with E-state index in [4.69, 9.17) is 9.72 Å². The van der Waals surface area contributed by atoms with E-state index in [1.54, 1.807) is 43.0 Å². The van der Waals surface area contributed by atoms with Gasteiger partial charge in [-0.05, 0) is 69.9 Å². The third-order valence-electron chi connectivity index (χ3n) is 7.78. The maximum atomic E-state index is 13.5. The van der Waals surface area contributed by atoms with Crippen LogP contribution < -0.4 is 14.4 Å². The molecule has 1 atom stereocenters. The second kappa shape index (κ2) is 9.65. The molecule has 4 heterocycles. The molecule has 0 spiro atoms. The van der Waals surface area contributed by atoms with E-state index in [9.17, 15) is 13.2 Å². The molecule has 1 aliphatic heterocycles. The molecule has 2 fully saturated rings. The molecule has 11 nitrogen and oxygen atoms in total. The van der Waals surface area contributed by atoms with E-state index in [1.807, 2.05) is 0 Å². The highest BCUT2D eigenvalue weighted by Gasteiger charge is 2.40. The van der Waals surface area contributed by atoms with Crippen molar-refractivity contribution in [2.75, 3.05) is 18.1 Å². The number of hydrogen-bond donors (Lipinski definition) is 1. The fourth-order valence-electron chi connectivity index (χ4n) is 5.36. The van der Waals surface area contributed by atoms with Crippen LogP contribution in [0.5, 0.6) is 5.88 Å². The lowest BCUT2D eigenvalue weighted by Crippen LogP contribution is -2.41. The van der Waals surface area contributed by atoms with E-state index in [0.29, 0.717) is 47.7 Å². The molecule has 1 saturated carbocycles. The summed E-state index contributed by atoms with van der Waals surface area (Å²) in [6.45, 7) is 11.5. The zero-order chi connectivity index (χ0) is 28.2. The second-order valence-electron chi connectivity index (χ2n) is 12.0. The van der Waals surface area contributed by atoms with Gasteiger partial charge in [-0.3, -0.25) is 9.48 Å². The van der Waals surface area contributed by atoms with E-state index in [-0.39, 0.29) is 16.0 Å². The van der Waals surface area contributed by atoms with Crippen LogP contribution in [0.3, 0.4) is 0 Å². The van der Waals surface area contributed by atoms with Gasteiger partial charge in [-0.1, -0.05) is 13.8 Å². The number of aryl methyl sites for hydroxylation is 2. The van der Waals surface area contributed by atoms with Crippen molar-refractivity contribution < 1.29 is 17.9 Å². The van der Waals surface area contributed by atoms with Gasteiger partial charge in [0.15, 0.2) is 5.82 Å². The molecule has 39 heavy (non-hydrogen) atoms. The molecule has 210 valence electrons. The number of anilines is 1. The Balaban J connectivity index is 1.45. The van der Waals surface area contributed by atoms with Gasteiger partial charge < -0.3 is 9.64 Å². The Hall–Kier alpha value is -3.41. The van der Waals surface area contributed by atoms with Gasteiger partial charge in [-0.15, -0.1) is 5.10 Å². The number of ether oxygens (including phenoxy) is 1. The molecule has 1 N–H and O–H groups in total. The molecule has 2 aliphatic rings. The predicted molar refractivity (Wildman–Crippen MR) is 147 cm³/mol. The van der Waals surface area contributed by atoms with E-state index in [2.05, 4.69) is 47.5 Å². The van der Waals surface area contributed by atoms with Crippen molar-refractivity contribution in [2.45, 2.75) is 70.7 Å². The average molecular weight is 556 g/mol. The number of nitrogens with one attached hydrogen (secondary N) is 1. The maximum Gasteiger partial charge on any atom is 0.268 e. The summed E-state index contributed by atoms with van der Waals surface area (Å²) in [5, 5.41) is 8.62. The van der Waals surface area contributed by atoms with Crippen molar-refractivity contribution in [1.82, 2.24) is 29.3 Å². The number of rotatable bonds is 9. The number of nitrogens with zero attached hydrogens (tertiary/aromatic N) is 6. The van der Waals surface area contributed by atoms with Crippen molar-refractivity contribution in [3.05, 3.63) is 41.9 Å². The molecule has 1 aliphatic carbocycles. The molecule has 0 radical (unpaired) electrons. The number of hydrogen-bond acceptors (Lipinski definition) is 8. The minimum Gasteiger partial charge on any atom is -0.477 e. The summed E-state index contributed by atoms with van der Waals surface area (Å²) in [7, 11) is -2.51. The molecule has 1 amide bonds. The van der Waals surface area contributed by atoms with E-state index in [0.717, 1.165) is 12.8 Å². The monoisotopic (exact) mass is 555 g/mol. The fraction of sp³-hybridized carbons (Fsp3) is 0.556. The number of aromatic nitrogens is 5. The first-order chi connectivity index (χ1) is 18.3. The zero-order valence-corrected chi connectivity index (χ0v) is 24.2. The lowest BCUT2D eigenvalue weighted by Gasteiger charge is -2.34. The van der Waals surface area contributed by atoms with Gasteiger partial charge in [0.25, 0.3) is 15.9 Å². The Kier molecular flexibility index (Phi) is 6.72. The lowest BCUT2D eigenvalue weighted by atomic mass is 9.97. The van der Waals surface area contributed by atoms with Crippen molar-refractivity contribution in [3.8, 4) is 11.7 Å². The predicted octanol–water partition coefficient (Wildman–Crippen LogP) is 3.62. The van der Waals surface area contributed by atoms with Crippen LogP contribution in [-0.2, 0) is 17.1 Å². The number of carbonyl (C=O) groups is 1. The number of amides is 1. The van der Waals surface area contributed by atoms with Crippen LogP contribution >= 0.6 is 0 Å². The summed E-state index contributed by atoms with van der Waals surface area (Å²) in [5.74, 6) is 1.06. The van der Waals surface area contributed by atoms with Gasteiger partial charge in [0.1, 0.15) is 10.7 Å². The molecule has 12 heteroatoms. The summed E-state index contributed by atoms with van der Waals surface area (Å²) in [4.78, 5) is 20.3. The first-order valence-corrected chi connectivity index (χ1v) is 14.8. The fourth-order valence-corrected chi connectivity index (χ4v) is 6.54. The van der Waals surface area contributed by atoms with Crippen molar-refractivity contribution in [1.29, 1.82) is 0 Å². The van der Waals surface area contributed by atoms with E-state index >= 15 is 0 Å².